The number of hydrogen-bond donors (Lipinski definition) is 2. The van der Waals surface area contributed by atoms with E-state index in [1.807, 2.05) is 42.5 Å². The Kier molecular flexibility index (Phi) is 10.8. The van der Waals surface area contributed by atoms with Gasteiger partial charge in [-0.1, -0.05) is 72.8 Å². The molecule has 0 saturated carbocycles. The van der Waals surface area contributed by atoms with Crippen molar-refractivity contribution in [2.45, 2.75) is 38.5 Å². The highest BCUT2D eigenvalue weighted by molar-refractivity contribution is 7.92. The van der Waals surface area contributed by atoms with Gasteiger partial charge in [0.1, 0.15) is 24.5 Å². The summed E-state index contributed by atoms with van der Waals surface area (Å²) in [6.45, 7) is 4.60. The number of ether oxygens (including phenoxy) is 1. The number of β-amino-alcohol motifs (C(OH)–C–C–N with tert-alkyl or cyclic N) is 1. The number of nitrogens with one attached hydrogen (secondary N) is 1. The number of hydrogen-bond acceptors (Lipinski definition) is 6. The van der Waals surface area contributed by atoms with E-state index in [4.69, 9.17) is 4.74 Å². The Labute approximate surface area is 248 Å². The largest absolute Gasteiger partial charge is 0.489 e. The first-order valence-corrected chi connectivity index (χ1v) is 15.0. The number of aliphatic hydroxyl groups excluding tert-OH is 1. The summed E-state index contributed by atoms with van der Waals surface area (Å²) in [5, 5.41) is 26.1. The van der Waals surface area contributed by atoms with Crippen molar-refractivity contribution in [3.63, 3.8) is 0 Å². The molecule has 4 aromatic rings. The van der Waals surface area contributed by atoms with Gasteiger partial charge in [-0.3, -0.25) is 4.31 Å². The molecule has 0 bridgehead atoms. The second-order valence-corrected chi connectivity index (χ2v) is 12.5. The van der Waals surface area contributed by atoms with Gasteiger partial charge in [0.2, 0.25) is 10.0 Å². The average molecular weight is 594 g/mol. The number of benzene rings is 4. The Balaban J connectivity index is 0.00000462. The van der Waals surface area contributed by atoms with Crippen LogP contribution < -0.4 is 14.4 Å². The zero-order chi connectivity index (χ0) is 28.8. The summed E-state index contributed by atoms with van der Waals surface area (Å²) in [5.74, 6) is 0.286. The minimum Gasteiger partial charge on any atom is -0.489 e. The molecular weight excluding hydrogens is 558 g/mol. The minimum atomic E-state index is -3.60. The number of rotatable bonds is 12. The highest BCUT2D eigenvalue weighted by Gasteiger charge is 2.22. The molecular formula is C32H36ClN3O4S. The summed E-state index contributed by atoms with van der Waals surface area (Å²) in [5.41, 5.74) is 2.32. The molecule has 4 rings (SSSR count). The van der Waals surface area contributed by atoms with E-state index in [-0.39, 0.29) is 42.4 Å². The highest BCUT2D eigenvalue weighted by atomic mass is 35.5. The van der Waals surface area contributed by atoms with Gasteiger partial charge in [-0.2, -0.15) is 5.26 Å². The lowest BCUT2D eigenvalue weighted by molar-refractivity contribution is 0.0987. The van der Waals surface area contributed by atoms with Crippen molar-refractivity contribution in [2.75, 3.05) is 23.7 Å². The second-order valence-electron chi connectivity index (χ2n) is 10.6. The van der Waals surface area contributed by atoms with Crippen molar-refractivity contribution in [1.82, 2.24) is 5.32 Å². The lowest BCUT2D eigenvalue weighted by Crippen LogP contribution is -2.46. The van der Waals surface area contributed by atoms with Crippen LogP contribution in [0.1, 0.15) is 30.5 Å². The molecule has 1 unspecified atom stereocenters. The van der Waals surface area contributed by atoms with Crippen LogP contribution in [-0.2, 0) is 23.0 Å². The maximum Gasteiger partial charge on any atom is 0.232 e. The molecule has 0 aliphatic rings. The predicted molar refractivity (Wildman–Crippen MR) is 167 cm³/mol. The zero-order valence-corrected chi connectivity index (χ0v) is 25.1. The molecule has 216 valence electrons. The van der Waals surface area contributed by atoms with Crippen molar-refractivity contribution in [3.8, 4) is 11.8 Å². The fourth-order valence-electron chi connectivity index (χ4n) is 4.60. The monoisotopic (exact) mass is 593 g/mol. The van der Waals surface area contributed by atoms with Crippen molar-refractivity contribution in [1.29, 1.82) is 5.26 Å². The Hall–Kier alpha value is -3.61. The van der Waals surface area contributed by atoms with Crippen LogP contribution in [0.3, 0.4) is 0 Å². The summed E-state index contributed by atoms with van der Waals surface area (Å²) >= 11 is 0. The van der Waals surface area contributed by atoms with Gasteiger partial charge in [0.25, 0.3) is 0 Å². The maximum absolute atomic E-state index is 12.5. The average Bonchev–Trinajstić information content (AvgIpc) is 2.93. The van der Waals surface area contributed by atoms with Crippen LogP contribution >= 0.6 is 12.4 Å². The molecule has 0 radical (unpaired) electrons. The molecule has 0 spiro atoms. The summed E-state index contributed by atoms with van der Waals surface area (Å²) in [4.78, 5) is 0. The lowest BCUT2D eigenvalue weighted by atomic mass is 9.93. The molecule has 7 nitrogen and oxygen atoms in total. The van der Waals surface area contributed by atoms with Crippen LogP contribution in [0.15, 0.2) is 91.0 Å². The summed E-state index contributed by atoms with van der Waals surface area (Å²) in [6, 6.07) is 30.7. The summed E-state index contributed by atoms with van der Waals surface area (Å²) in [6.07, 6.45) is 1.11. The van der Waals surface area contributed by atoms with Gasteiger partial charge >= 0.3 is 0 Å². The van der Waals surface area contributed by atoms with Crippen molar-refractivity contribution in [3.05, 3.63) is 108 Å². The van der Waals surface area contributed by atoms with Crippen LogP contribution in [0, 0.1) is 11.3 Å². The Morgan fingerprint density at radius 3 is 2.32 bits per heavy atom. The number of anilines is 1. The summed E-state index contributed by atoms with van der Waals surface area (Å²) < 4.78 is 32.1. The third-order valence-electron chi connectivity index (χ3n) is 6.65. The molecule has 0 heterocycles. The van der Waals surface area contributed by atoms with Gasteiger partial charge in [-0.15, -0.1) is 12.4 Å². The first-order chi connectivity index (χ1) is 19.0. The summed E-state index contributed by atoms with van der Waals surface area (Å²) in [7, 11) is -3.60. The number of nitriles is 1. The molecule has 41 heavy (non-hydrogen) atoms. The molecule has 0 amide bonds. The fourth-order valence-corrected chi connectivity index (χ4v) is 5.48. The first kappa shape index (κ1) is 31.9. The lowest BCUT2D eigenvalue weighted by Gasteiger charge is -2.28. The third kappa shape index (κ3) is 8.94. The van der Waals surface area contributed by atoms with Crippen LogP contribution in [0.2, 0.25) is 0 Å². The predicted octanol–water partition coefficient (Wildman–Crippen LogP) is 5.45. The van der Waals surface area contributed by atoms with Crippen molar-refractivity contribution >= 4 is 38.9 Å². The Bertz CT molecular complexity index is 1600. The van der Waals surface area contributed by atoms with Gasteiger partial charge < -0.3 is 15.2 Å². The van der Waals surface area contributed by atoms with Crippen molar-refractivity contribution < 1.29 is 18.3 Å². The van der Waals surface area contributed by atoms with Gasteiger partial charge in [-0.05, 0) is 60.4 Å². The van der Waals surface area contributed by atoms with Gasteiger partial charge in [-0.25, -0.2) is 8.42 Å². The van der Waals surface area contributed by atoms with E-state index < -0.39 is 16.1 Å². The third-order valence-corrected chi connectivity index (χ3v) is 7.79. The second kappa shape index (κ2) is 13.8. The molecule has 0 aliphatic heterocycles. The number of aliphatic hydroxyl groups is 1. The van der Waals surface area contributed by atoms with E-state index in [0.717, 1.165) is 18.2 Å². The number of sulfonamides is 1. The molecule has 0 fully saturated rings. The number of nitrogens with zero attached hydrogens (tertiary/aromatic N) is 2. The maximum atomic E-state index is 12.5. The Morgan fingerprint density at radius 2 is 1.63 bits per heavy atom. The number of halogens is 1. The number of fused-ring (bicyclic) bond motifs is 1. The minimum absolute atomic E-state index is 0. The first-order valence-electron chi connectivity index (χ1n) is 13.1. The van der Waals surface area contributed by atoms with E-state index in [0.29, 0.717) is 12.2 Å². The quantitative estimate of drug-likeness (QED) is 0.226. The van der Waals surface area contributed by atoms with E-state index in [9.17, 15) is 18.8 Å². The van der Waals surface area contributed by atoms with E-state index in [1.54, 1.807) is 12.1 Å². The van der Waals surface area contributed by atoms with Crippen LogP contribution in [0.4, 0.5) is 5.69 Å². The molecule has 0 saturated heterocycles. The van der Waals surface area contributed by atoms with Gasteiger partial charge in [0.15, 0.2) is 0 Å². The topological polar surface area (TPSA) is 103 Å². The highest BCUT2D eigenvalue weighted by Crippen LogP contribution is 2.28. The van der Waals surface area contributed by atoms with Gasteiger partial charge in [0.05, 0.1) is 24.1 Å². The van der Waals surface area contributed by atoms with E-state index in [1.165, 1.54) is 26.7 Å². The van der Waals surface area contributed by atoms with Crippen LogP contribution in [0.5, 0.6) is 5.75 Å². The van der Waals surface area contributed by atoms with Crippen molar-refractivity contribution in [2.24, 2.45) is 0 Å². The Morgan fingerprint density at radius 1 is 0.951 bits per heavy atom. The fraction of sp³-hybridized carbons (Fsp3) is 0.281. The zero-order valence-electron chi connectivity index (χ0n) is 23.4. The van der Waals surface area contributed by atoms with E-state index in [2.05, 4.69) is 55.6 Å². The molecule has 4 aromatic carbocycles. The van der Waals surface area contributed by atoms with Crippen LogP contribution in [0.25, 0.3) is 10.8 Å². The normalized spacial score (nSPS) is 12.3. The smallest absolute Gasteiger partial charge is 0.232 e. The standard InChI is InChI=1S/C32H35N3O4S.ClH/c1-32(2,19-25-13-14-26-11-7-8-12-27(26)17-25)34-21-30(36)23-39-31-16-15-29(18-28(31)20-33)35(40(3,37)38)22-24-9-5-4-6-10-24;/h4-18,30,34,36H,19,21-23H2,1-3H3;1H. The molecule has 9 heteroatoms. The molecule has 0 aliphatic carbocycles. The molecule has 0 aromatic heterocycles. The van der Waals surface area contributed by atoms with Crippen LogP contribution in [-0.4, -0.2) is 44.6 Å². The van der Waals surface area contributed by atoms with Gasteiger partial charge in [0, 0.05) is 12.1 Å². The molecule has 2 N–H and O–H groups in total. The molecule has 1 atom stereocenters. The van der Waals surface area contributed by atoms with E-state index >= 15 is 0 Å². The SMILES string of the molecule is CC(C)(Cc1ccc2ccccc2c1)NCC(O)COc1ccc(N(Cc2ccccc2)S(C)(=O)=O)cc1C#N.Cl.